The van der Waals surface area contributed by atoms with Crippen LogP contribution in [0.5, 0.6) is 0 Å². The van der Waals surface area contributed by atoms with Gasteiger partial charge in [-0.15, -0.1) is 0 Å². The van der Waals surface area contributed by atoms with Gasteiger partial charge in [0.1, 0.15) is 6.04 Å². The van der Waals surface area contributed by atoms with Crippen molar-refractivity contribution in [3.8, 4) is 0 Å². The first-order chi connectivity index (χ1) is 6.66. The molecular weight excluding hydrogens is 180 g/mol. The molecule has 4 nitrogen and oxygen atoms in total. The molecule has 0 amide bonds. The molecule has 1 aromatic rings. The molecule has 4 heteroatoms. The van der Waals surface area contributed by atoms with Crippen LogP contribution in [-0.2, 0) is 17.8 Å². The zero-order chi connectivity index (χ0) is 10.1. The van der Waals surface area contributed by atoms with Gasteiger partial charge in [0.25, 0.3) is 0 Å². The van der Waals surface area contributed by atoms with Gasteiger partial charge in [-0.05, 0) is 29.7 Å². The number of fused-ring (bicyclic) bond motifs is 1. The Morgan fingerprint density at radius 2 is 2.29 bits per heavy atom. The van der Waals surface area contributed by atoms with E-state index in [2.05, 4.69) is 5.32 Å². The minimum Gasteiger partial charge on any atom is -0.480 e. The standard InChI is InChI=1S/C10H12N2O2/c11-8-2-1-6-4-9(10(13)14)12-5-7(6)3-8/h1-3,9,12H,4-5,11H2,(H,13,14)/t9-/m0/s1. The van der Waals surface area contributed by atoms with Crippen LogP contribution in [-0.4, -0.2) is 17.1 Å². The van der Waals surface area contributed by atoms with Crippen molar-refractivity contribution < 1.29 is 9.90 Å². The van der Waals surface area contributed by atoms with Crippen LogP contribution in [0.1, 0.15) is 11.1 Å². The second-order valence-corrected chi connectivity index (χ2v) is 3.50. The Bertz CT molecular complexity index is 376. The van der Waals surface area contributed by atoms with Crippen molar-refractivity contribution in [2.24, 2.45) is 0 Å². The minimum absolute atomic E-state index is 0.467. The lowest BCUT2D eigenvalue weighted by atomic mass is 9.95. The highest BCUT2D eigenvalue weighted by atomic mass is 16.4. The maximum atomic E-state index is 10.7. The molecule has 0 saturated carbocycles. The van der Waals surface area contributed by atoms with Crippen molar-refractivity contribution in [1.82, 2.24) is 5.32 Å². The summed E-state index contributed by atoms with van der Waals surface area (Å²) in [6.07, 6.45) is 0.533. The predicted molar refractivity (Wildman–Crippen MR) is 52.8 cm³/mol. The maximum absolute atomic E-state index is 10.7. The number of anilines is 1. The van der Waals surface area contributed by atoms with Gasteiger partial charge in [0.05, 0.1) is 0 Å². The summed E-state index contributed by atoms with van der Waals surface area (Å²) in [5.41, 5.74) is 8.53. The Balaban J connectivity index is 2.27. The Morgan fingerprint density at radius 3 is 3.00 bits per heavy atom. The molecule has 1 heterocycles. The zero-order valence-electron chi connectivity index (χ0n) is 7.66. The molecule has 1 atom stereocenters. The molecule has 0 fully saturated rings. The highest BCUT2D eigenvalue weighted by Gasteiger charge is 2.23. The Labute approximate surface area is 81.7 Å². The van der Waals surface area contributed by atoms with Crippen molar-refractivity contribution in [3.63, 3.8) is 0 Å². The SMILES string of the molecule is Nc1ccc2c(c1)CN[C@H](C(=O)O)C2. The van der Waals surface area contributed by atoms with Crippen molar-refractivity contribution >= 4 is 11.7 Å². The van der Waals surface area contributed by atoms with Crippen LogP contribution in [0.4, 0.5) is 5.69 Å². The van der Waals surface area contributed by atoms with Crippen LogP contribution in [0.3, 0.4) is 0 Å². The lowest BCUT2D eigenvalue weighted by Crippen LogP contribution is -2.41. The van der Waals surface area contributed by atoms with Crippen LogP contribution < -0.4 is 11.1 Å². The number of nitrogen functional groups attached to an aromatic ring is 1. The molecule has 0 saturated heterocycles. The van der Waals surface area contributed by atoms with Crippen molar-refractivity contribution in [1.29, 1.82) is 0 Å². The Kier molecular flexibility index (Phi) is 2.13. The van der Waals surface area contributed by atoms with Crippen molar-refractivity contribution in [2.75, 3.05) is 5.73 Å². The van der Waals surface area contributed by atoms with Crippen LogP contribution in [0.2, 0.25) is 0 Å². The number of nitrogens with one attached hydrogen (secondary N) is 1. The molecule has 0 spiro atoms. The smallest absolute Gasteiger partial charge is 0.321 e. The van der Waals surface area contributed by atoms with E-state index < -0.39 is 12.0 Å². The molecule has 0 aromatic heterocycles. The van der Waals surface area contributed by atoms with E-state index in [1.54, 1.807) is 0 Å². The number of carboxylic acids is 1. The third-order valence-corrected chi connectivity index (χ3v) is 2.49. The van der Waals surface area contributed by atoms with Gasteiger partial charge in [-0.1, -0.05) is 6.07 Å². The van der Waals surface area contributed by atoms with E-state index in [1.165, 1.54) is 0 Å². The molecule has 4 N–H and O–H groups in total. The quantitative estimate of drug-likeness (QED) is 0.562. The second-order valence-electron chi connectivity index (χ2n) is 3.50. The number of aliphatic carboxylic acids is 1. The number of nitrogens with two attached hydrogens (primary N) is 1. The molecule has 1 aliphatic rings. The van der Waals surface area contributed by atoms with Crippen molar-refractivity contribution in [3.05, 3.63) is 29.3 Å². The first kappa shape index (κ1) is 9.02. The zero-order valence-corrected chi connectivity index (χ0v) is 7.66. The van der Waals surface area contributed by atoms with Gasteiger partial charge in [-0.25, -0.2) is 0 Å². The number of carboxylic acid groups (broad SMARTS) is 1. The summed E-state index contributed by atoms with van der Waals surface area (Å²) in [5.74, 6) is -0.799. The van der Waals surface area contributed by atoms with Crippen LogP contribution >= 0.6 is 0 Å². The Hall–Kier alpha value is -1.55. The van der Waals surface area contributed by atoms with Crippen LogP contribution in [0.15, 0.2) is 18.2 Å². The van der Waals surface area contributed by atoms with Gasteiger partial charge in [-0.3, -0.25) is 4.79 Å². The lowest BCUT2D eigenvalue weighted by Gasteiger charge is -2.23. The monoisotopic (exact) mass is 192 g/mol. The number of hydrogen-bond acceptors (Lipinski definition) is 3. The number of benzene rings is 1. The first-order valence-electron chi connectivity index (χ1n) is 4.50. The van der Waals surface area contributed by atoms with Gasteiger partial charge >= 0.3 is 5.97 Å². The first-order valence-corrected chi connectivity index (χ1v) is 4.50. The normalized spacial score (nSPS) is 20.1. The topological polar surface area (TPSA) is 75.3 Å². The largest absolute Gasteiger partial charge is 0.480 e. The molecule has 0 bridgehead atoms. The minimum atomic E-state index is -0.799. The maximum Gasteiger partial charge on any atom is 0.321 e. The fourth-order valence-corrected chi connectivity index (χ4v) is 1.71. The second kappa shape index (κ2) is 3.31. The summed E-state index contributed by atoms with van der Waals surface area (Å²) in [6.45, 7) is 0.581. The highest BCUT2D eigenvalue weighted by Crippen LogP contribution is 2.19. The lowest BCUT2D eigenvalue weighted by molar-refractivity contribution is -0.139. The Morgan fingerprint density at radius 1 is 1.50 bits per heavy atom. The molecule has 0 radical (unpaired) electrons. The van der Waals surface area contributed by atoms with E-state index in [1.807, 2.05) is 18.2 Å². The number of hydrogen-bond donors (Lipinski definition) is 3. The van der Waals surface area contributed by atoms with E-state index >= 15 is 0 Å². The summed E-state index contributed by atoms with van der Waals surface area (Å²) in [5, 5.41) is 11.8. The molecular formula is C10H12N2O2. The van der Waals surface area contributed by atoms with Gasteiger partial charge in [0.15, 0.2) is 0 Å². The van der Waals surface area contributed by atoms with Gasteiger partial charge < -0.3 is 16.2 Å². The highest BCUT2D eigenvalue weighted by molar-refractivity contribution is 5.74. The van der Waals surface area contributed by atoms with Crippen molar-refractivity contribution in [2.45, 2.75) is 19.0 Å². The molecule has 74 valence electrons. The van der Waals surface area contributed by atoms with E-state index in [0.717, 1.165) is 16.8 Å². The summed E-state index contributed by atoms with van der Waals surface area (Å²) in [7, 11) is 0. The van der Waals surface area contributed by atoms with E-state index in [9.17, 15) is 4.79 Å². The van der Waals surface area contributed by atoms with Gasteiger partial charge in [0.2, 0.25) is 0 Å². The fraction of sp³-hybridized carbons (Fsp3) is 0.300. The van der Waals surface area contributed by atoms with E-state index in [4.69, 9.17) is 10.8 Å². The number of rotatable bonds is 1. The fourth-order valence-electron chi connectivity index (χ4n) is 1.71. The number of carbonyl (C=O) groups is 1. The average Bonchev–Trinajstić information content (AvgIpc) is 2.16. The van der Waals surface area contributed by atoms with Crippen LogP contribution in [0, 0.1) is 0 Å². The molecule has 0 aliphatic carbocycles. The molecule has 1 aromatic carbocycles. The molecule has 0 unspecified atom stereocenters. The molecule has 14 heavy (non-hydrogen) atoms. The van der Waals surface area contributed by atoms with Gasteiger partial charge in [-0.2, -0.15) is 0 Å². The third kappa shape index (κ3) is 1.56. The summed E-state index contributed by atoms with van der Waals surface area (Å²) >= 11 is 0. The van der Waals surface area contributed by atoms with Crippen LogP contribution in [0.25, 0.3) is 0 Å². The summed E-state index contributed by atoms with van der Waals surface area (Å²) in [6, 6.07) is 5.14. The van der Waals surface area contributed by atoms with E-state index in [-0.39, 0.29) is 0 Å². The third-order valence-electron chi connectivity index (χ3n) is 2.49. The summed E-state index contributed by atoms with van der Waals surface area (Å²) in [4.78, 5) is 10.7. The van der Waals surface area contributed by atoms with E-state index in [0.29, 0.717) is 13.0 Å². The molecule has 2 rings (SSSR count). The predicted octanol–water partition coefficient (Wildman–Crippen LogP) is 0.368. The van der Waals surface area contributed by atoms with Gasteiger partial charge in [0, 0.05) is 12.2 Å². The molecule has 1 aliphatic heterocycles. The summed E-state index contributed by atoms with van der Waals surface area (Å²) < 4.78 is 0. The average molecular weight is 192 g/mol.